The van der Waals surface area contributed by atoms with Crippen molar-refractivity contribution in [2.24, 2.45) is 0 Å². The maximum absolute atomic E-state index is 11.9. The van der Waals surface area contributed by atoms with Crippen LogP contribution in [0.2, 0.25) is 10.0 Å². The number of carbonyl (C=O) groups is 2. The normalized spacial score (nSPS) is 10.0. The first kappa shape index (κ1) is 17.1. The molecule has 0 heterocycles. The first-order chi connectivity index (χ1) is 11.0. The SMILES string of the molecule is COc1cccc(C=O)c1OC(=O)COc1ccc(Cl)cc1Cl. The second-order valence-electron chi connectivity index (χ2n) is 4.33. The number of para-hydroxylation sites is 1. The van der Waals surface area contributed by atoms with Crippen LogP contribution in [0, 0.1) is 0 Å². The van der Waals surface area contributed by atoms with Crippen LogP contribution < -0.4 is 14.2 Å². The zero-order chi connectivity index (χ0) is 16.8. The molecule has 120 valence electrons. The van der Waals surface area contributed by atoms with Crippen LogP contribution in [-0.2, 0) is 4.79 Å². The number of aldehydes is 1. The van der Waals surface area contributed by atoms with Crippen molar-refractivity contribution in [3.63, 3.8) is 0 Å². The number of rotatable bonds is 6. The molecule has 0 aromatic heterocycles. The van der Waals surface area contributed by atoms with E-state index < -0.39 is 12.6 Å². The van der Waals surface area contributed by atoms with Crippen molar-refractivity contribution in [1.29, 1.82) is 0 Å². The zero-order valence-electron chi connectivity index (χ0n) is 12.0. The fourth-order valence-electron chi connectivity index (χ4n) is 1.77. The molecule has 0 aliphatic rings. The molecule has 2 aromatic rings. The molecule has 0 spiro atoms. The van der Waals surface area contributed by atoms with E-state index in [-0.39, 0.29) is 22.1 Å². The van der Waals surface area contributed by atoms with Gasteiger partial charge in [-0.05, 0) is 30.3 Å². The van der Waals surface area contributed by atoms with Crippen molar-refractivity contribution in [2.75, 3.05) is 13.7 Å². The molecule has 0 aliphatic heterocycles. The fourth-order valence-corrected chi connectivity index (χ4v) is 2.23. The van der Waals surface area contributed by atoms with Gasteiger partial charge in [0.2, 0.25) is 0 Å². The highest BCUT2D eigenvalue weighted by atomic mass is 35.5. The van der Waals surface area contributed by atoms with Gasteiger partial charge in [0.15, 0.2) is 24.4 Å². The average Bonchev–Trinajstić information content (AvgIpc) is 2.54. The number of esters is 1. The third-order valence-corrected chi connectivity index (χ3v) is 3.34. The van der Waals surface area contributed by atoms with Crippen LogP contribution in [0.4, 0.5) is 0 Å². The van der Waals surface area contributed by atoms with Gasteiger partial charge in [-0.25, -0.2) is 4.79 Å². The maximum Gasteiger partial charge on any atom is 0.349 e. The number of hydrogen-bond acceptors (Lipinski definition) is 5. The Morgan fingerprint density at radius 2 is 1.96 bits per heavy atom. The maximum atomic E-state index is 11.9. The highest BCUT2D eigenvalue weighted by molar-refractivity contribution is 6.35. The van der Waals surface area contributed by atoms with Gasteiger partial charge in [0.1, 0.15) is 5.75 Å². The molecule has 0 bridgehead atoms. The van der Waals surface area contributed by atoms with Crippen molar-refractivity contribution in [3.8, 4) is 17.2 Å². The third-order valence-electron chi connectivity index (χ3n) is 2.81. The second-order valence-corrected chi connectivity index (χ2v) is 5.18. The first-order valence-corrected chi connectivity index (χ1v) is 7.21. The summed E-state index contributed by atoms with van der Waals surface area (Å²) in [6, 6.07) is 9.32. The molecule has 0 unspecified atom stereocenters. The molecule has 5 nitrogen and oxygen atoms in total. The molecule has 7 heteroatoms. The predicted molar refractivity (Wildman–Crippen MR) is 86.0 cm³/mol. The minimum Gasteiger partial charge on any atom is -0.493 e. The van der Waals surface area contributed by atoms with Crippen LogP contribution in [0.25, 0.3) is 0 Å². The molecule has 0 aliphatic carbocycles. The van der Waals surface area contributed by atoms with Gasteiger partial charge in [0, 0.05) is 5.02 Å². The van der Waals surface area contributed by atoms with Gasteiger partial charge in [-0.3, -0.25) is 4.79 Å². The number of carbonyl (C=O) groups excluding carboxylic acids is 2. The van der Waals surface area contributed by atoms with E-state index in [1.807, 2.05) is 0 Å². The second kappa shape index (κ2) is 7.85. The van der Waals surface area contributed by atoms with Gasteiger partial charge in [-0.2, -0.15) is 0 Å². The van der Waals surface area contributed by atoms with Crippen molar-refractivity contribution >= 4 is 35.5 Å². The Kier molecular flexibility index (Phi) is 5.84. The summed E-state index contributed by atoms with van der Waals surface area (Å²) in [5.74, 6) is -0.0967. The molecular formula is C16H12Cl2O5. The smallest absolute Gasteiger partial charge is 0.349 e. The fraction of sp³-hybridized carbons (Fsp3) is 0.125. The molecule has 2 aromatic carbocycles. The van der Waals surface area contributed by atoms with Crippen molar-refractivity contribution in [3.05, 3.63) is 52.0 Å². The number of ether oxygens (including phenoxy) is 3. The van der Waals surface area contributed by atoms with E-state index in [9.17, 15) is 9.59 Å². The number of halogens is 2. The standard InChI is InChI=1S/C16H12Cl2O5/c1-21-14-4-2-3-10(8-19)16(14)23-15(20)9-22-13-6-5-11(17)7-12(13)18/h2-8H,9H2,1H3. The number of benzene rings is 2. The van der Waals surface area contributed by atoms with Crippen LogP contribution in [0.3, 0.4) is 0 Å². The minimum atomic E-state index is -0.705. The molecular weight excluding hydrogens is 343 g/mol. The van der Waals surface area contributed by atoms with Gasteiger partial charge in [0.05, 0.1) is 17.7 Å². The summed E-state index contributed by atoms with van der Waals surface area (Å²) in [6.07, 6.45) is 0.571. The van der Waals surface area contributed by atoms with E-state index in [1.165, 1.54) is 25.3 Å². The van der Waals surface area contributed by atoms with E-state index in [0.29, 0.717) is 17.1 Å². The Morgan fingerprint density at radius 1 is 1.17 bits per heavy atom. The van der Waals surface area contributed by atoms with Crippen LogP contribution >= 0.6 is 23.2 Å². The molecule has 0 radical (unpaired) electrons. The summed E-state index contributed by atoms with van der Waals surface area (Å²) < 4.78 is 15.5. The van der Waals surface area contributed by atoms with Gasteiger partial charge in [0.25, 0.3) is 0 Å². The highest BCUT2D eigenvalue weighted by Gasteiger charge is 2.15. The summed E-state index contributed by atoms with van der Waals surface area (Å²) in [6.45, 7) is -0.391. The van der Waals surface area contributed by atoms with Gasteiger partial charge >= 0.3 is 5.97 Å². The average molecular weight is 355 g/mol. The predicted octanol–water partition coefficient (Wildman–Crippen LogP) is 3.80. The Balaban J connectivity index is 2.07. The molecule has 0 atom stereocenters. The molecule has 23 heavy (non-hydrogen) atoms. The van der Waals surface area contributed by atoms with E-state index >= 15 is 0 Å². The first-order valence-electron chi connectivity index (χ1n) is 6.46. The Hall–Kier alpha value is -2.24. The van der Waals surface area contributed by atoms with Gasteiger partial charge < -0.3 is 14.2 Å². The topological polar surface area (TPSA) is 61.8 Å². The number of hydrogen-bond donors (Lipinski definition) is 0. The lowest BCUT2D eigenvalue weighted by Crippen LogP contribution is -2.19. The van der Waals surface area contributed by atoms with Crippen LogP contribution in [-0.4, -0.2) is 26.0 Å². The summed E-state index contributed by atoms with van der Waals surface area (Å²) >= 11 is 11.7. The van der Waals surface area contributed by atoms with Crippen molar-refractivity contribution in [2.45, 2.75) is 0 Å². The van der Waals surface area contributed by atoms with Gasteiger partial charge in [-0.15, -0.1) is 0 Å². The highest BCUT2D eigenvalue weighted by Crippen LogP contribution is 2.30. The Morgan fingerprint density at radius 3 is 2.61 bits per heavy atom. The van der Waals surface area contributed by atoms with E-state index in [0.717, 1.165) is 0 Å². The van der Waals surface area contributed by atoms with Crippen molar-refractivity contribution < 1.29 is 23.8 Å². The van der Waals surface area contributed by atoms with Gasteiger partial charge in [-0.1, -0.05) is 29.3 Å². The van der Waals surface area contributed by atoms with Crippen LogP contribution in [0.5, 0.6) is 17.2 Å². The Bertz CT molecular complexity index is 730. The lowest BCUT2D eigenvalue weighted by molar-refractivity contribution is -0.136. The minimum absolute atomic E-state index is 0.0424. The summed E-state index contributed by atoms with van der Waals surface area (Å²) in [7, 11) is 1.41. The summed E-state index contributed by atoms with van der Waals surface area (Å²) in [4.78, 5) is 22.9. The third kappa shape index (κ3) is 4.37. The quantitative estimate of drug-likeness (QED) is 0.448. The lowest BCUT2D eigenvalue weighted by Gasteiger charge is -2.12. The molecule has 0 saturated heterocycles. The molecule has 0 saturated carbocycles. The van der Waals surface area contributed by atoms with Crippen molar-refractivity contribution in [1.82, 2.24) is 0 Å². The monoisotopic (exact) mass is 354 g/mol. The molecule has 0 amide bonds. The summed E-state index contributed by atoms with van der Waals surface area (Å²) in [5, 5.41) is 0.728. The van der Waals surface area contributed by atoms with E-state index in [1.54, 1.807) is 18.2 Å². The Labute approximate surface area is 142 Å². The van der Waals surface area contributed by atoms with Crippen LogP contribution in [0.1, 0.15) is 10.4 Å². The lowest BCUT2D eigenvalue weighted by atomic mass is 10.2. The summed E-state index contributed by atoms with van der Waals surface area (Å²) in [5.41, 5.74) is 0.197. The largest absolute Gasteiger partial charge is 0.493 e. The molecule has 0 N–H and O–H groups in total. The number of methoxy groups -OCH3 is 1. The van der Waals surface area contributed by atoms with E-state index in [2.05, 4.69) is 0 Å². The molecule has 0 fully saturated rings. The zero-order valence-corrected chi connectivity index (χ0v) is 13.6. The molecule has 2 rings (SSSR count). The van der Waals surface area contributed by atoms with Crippen LogP contribution in [0.15, 0.2) is 36.4 Å². The van der Waals surface area contributed by atoms with E-state index in [4.69, 9.17) is 37.4 Å².